The third-order valence-electron chi connectivity index (χ3n) is 1.42. The van der Waals surface area contributed by atoms with Crippen LogP contribution in [0, 0.1) is 0 Å². The molecular weight excluding hydrogens is 187 g/mol. The molecule has 0 spiro atoms. The van der Waals surface area contributed by atoms with Crippen LogP contribution in [0.15, 0.2) is 17.1 Å². The predicted octanol–water partition coefficient (Wildman–Crippen LogP) is 1.40. The van der Waals surface area contributed by atoms with E-state index in [1.165, 1.54) is 7.11 Å². The van der Waals surface area contributed by atoms with Crippen LogP contribution >= 0.6 is 0 Å². The summed E-state index contributed by atoms with van der Waals surface area (Å²) in [6.07, 6.45) is -3.58. The normalized spacial score (nSPS) is 11.4. The average Bonchev–Trinajstić information content (AvgIpc) is 2.03. The number of aromatic amines is 1. The highest BCUT2D eigenvalue weighted by atomic mass is 19.4. The fraction of sp³-hybridized carbons (Fsp3) is 0.286. The van der Waals surface area contributed by atoms with E-state index in [1.54, 1.807) is 0 Å². The third kappa shape index (κ3) is 2.01. The molecule has 1 rings (SSSR count). The van der Waals surface area contributed by atoms with Gasteiger partial charge in [0, 0.05) is 6.20 Å². The summed E-state index contributed by atoms with van der Waals surface area (Å²) in [7, 11) is 1.22. The molecule has 0 saturated carbocycles. The Morgan fingerprint density at radius 2 is 2.08 bits per heavy atom. The molecule has 13 heavy (non-hydrogen) atoms. The zero-order valence-electron chi connectivity index (χ0n) is 6.61. The van der Waals surface area contributed by atoms with Crippen molar-refractivity contribution < 1.29 is 17.9 Å². The maximum Gasteiger partial charge on any atom is 0.421 e. The summed E-state index contributed by atoms with van der Waals surface area (Å²) < 4.78 is 40.8. The number of aromatic nitrogens is 1. The lowest BCUT2D eigenvalue weighted by molar-refractivity contribution is -0.138. The maximum absolute atomic E-state index is 12.1. The highest BCUT2D eigenvalue weighted by Gasteiger charge is 2.34. The summed E-state index contributed by atoms with van der Waals surface area (Å²) in [5.41, 5.74) is -2.43. The molecule has 0 radical (unpaired) electrons. The molecule has 0 unspecified atom stereocenters. The molecule has 0 amide bonds. The topological polar surface area (TPSA) is 42.1 Å². The van der Waals surface area contributed by atoms with Crippen LogP contribution in [0.3, 0.4) is 0 Å². The summed E-state index contributed by atoms with van der Waals surface area (Å²) in [5, 5.41) is 0. The van der Waals surface area contributed by atoms with E-state index in [2.05, 4.69) is 4.74 Å². The number of pyridine rings is 1. The summed E-state index contributed by atoms with van der Waals surface area (Å²) in [6.45, 7) is 0. The van der Waals surface area contributed by atoms with Crippen molar-refractivity contribution in [2.75, 3.05) is 7.11 Å². The molecule has 1 N–H and O–H groups in total. The molecule has 0 bridgehead atoms. The minimum Gasteiger partial charge on any atom is -0.495 e. The van der Waals surface area contributed by atoms with E-state index in [4.69, 9.17) is 0 Å². The first kappa shape index (κ1) is 9.63. The van der Waals surface area contributed by atoms with Crippen molar-refractivity contribution in [1.82, 2.24) is 4.98 Å². The van der Waals surface area contributed by atoms with Gasteiger partial charge in [0.25, 0.3) is 5.56 Å². The lowest BCUT2D eigenvalue weighted by atomic mass is 10.2. The number of hydrogen-bond donors (Lipinski definition) is 1. The largest absolute Gasteiger partial charge is 0.495 e. The molecule has 0 fully saturated rings. The molecule has 0 saturated heterocycles. The number of alkyl halides is 3. The predicted molar refractivity (Wildman–Crippen MR) is 38.6 cm³/mol. The number of ether oxygens (including phenoxy) is 1. The van der Waals surface area contributed by atoms with Crippen molar-refractivity contribution in [3.63, 3.8) is 0 Å². The second-order valence-corrected chi connectivity index (χ2v) is 2.28. The molecule has 0 aliphatic carbocycles. The van der Waals surface area contributed by atoms with Gasteiger partial charge in [-0.2, -0.15) is 13.2 Å². The Morgan fingerprint density at radius 3 is 2.54 bits per heavy atom. The summed E-state index contributed by atoms with van der Waals surface area (Å²) in [5.74, 6) is -0.0353. The van der Waals surface area contributed by atoms with Crippen molar-refractivity contribution >= 4 is 0 Å². The van der Waals surface area contributed by atoms with Crippen LogP contribution in [-0.4, -0.2) is 12.1 Å². The summed E-state index contributed by atoms with van der Waals surface area (Å²) in [4.78, 5) is 12.6. The standard InChI is InChI=1S/C7H6F3NO2/c1-13-4-2-5(7(8,9)10)6(12)11-3-4/h2-3H,1H3,(H,11,12). The average molecular weight is 193 g/mol. The van der Waals surface area contributed by atoms with Crippen LogP contribution in [0.1, 0.15) is 5.56 Å². The molecule has 0 aliphatic rings. The van der Waals surface area contributed by atoms with E-state index in [0.29, 0.717) is 6.07 Å². The van der Waals surface area contributed by atoms with E-state index >= 15 is 0 Å². The fourth-order valence-corrected chi connectivity index (χ4v) is 0.792. The number of nitrogens with one attached hydrogen (secondary N) is 1. The summed E-state index contributed by atoms with van der Waals surface area (Å²) in [6, 6.07) is 0.652. The Morgan fingerprint density at radius 1 is 1.46 bits per heavy atom. The van der Waals surface area contributed by atoms with Gasteiger partial charge in [0.2, 0.25) is 0 Å². The first-order valence-corrected chi connectivity index (χ1v) is 3.29. The van der Waals surface area contributed by atoms with Crippen LogP contribution in [0.2, 0.25) is 0 Å². The second kappa shape index (κ2) is 3.12. The van der Waals surface area contributed by atoms with Gasteiger partial charge in [-0.1, -0.05) is 0 Å². The lowest BCUT2D eigenvalue weighted by Gasteiger charge is -2.06. The molecule has 0 atom stereocenters. The maximum atomic E-state index is 12.1. The monoisotopic (exact) mass is 193 g/mol. The van der Waals surface area contributed by atoms with Gasteiger partial charge < -0.3 is 9.72 Å². The zero-order valence-corrected chi connectivity index (χ0v) is 6.61. The minimum absolute atomic E-state index is 0.0353. The Balaban J connectivity index is 3.28. The highest BCUT2D eigenvalue weighted by Crippen LogP contribution is 2.27. The van der Waals surface area contributed by atoms with Gasteiger partial charge in [0.15, 0.2) is 0 Å². The van der Waals surface area contributed by atoms with E-state index in [0.717, 1.165) is 6.20 Å². The molecule has 1 heterocycles. The van der Waals surface area contributed by atoms with Gasteiger partial charge in [-0.05, 0) is 6.07 Å². The van der Waals surface area contributed by atoms with E-state index in [1.807, 2.05) is 4.98 Å². The van der Waals surface area contributed by atoms with Gasteiger partial charge in [0.05, 0.1) is 7.11 Å². The van der Waals surface area contributed by atoms with Crippen LogP contribution in [-0.2, 0) is 6.18 Å². The van der Waals surface area contributed by atoms with Gasteiger partial charge in [0.1, 0.15) is 11.3 Å². The number of H-pyrrole nitrogens is 1. The van der Waals surface area contributed by atoms with Crippen molar-refractivity contribution in [2.24, 2.45) is 0 Å². The van der Waals surface area contributed by atoms with E-state index in [-0.39, 0.29) is 5.75 Å². The van der Waals surface area contributed by atoms with Crippen molar-refractivity contribution in [3.8, 4) is 5.75 Å². The van der Waals surface area contributed by atoms with Crippen LogP contribution < -0.4 is 10.3 Å². The van der Waals surface area contributed by atoms with Crippen molar-refractivity contribution in [2.45, 2.75) is 6.18 Å². The molecule has 6 heteroatoms. The molecular formula is C7H6F3NO2. The van der Waals surface area contributed by atoms with Crippen LogP contribution in [0.4, 0.5) is 13.2 Å². The van der Waals surface area contributed by atoms with E-state index < -0.39 is 17.3 Å². The smallest absolute Gasteiger partial charge is 0.421 e. The molecule has 1 aromatic rings. The number of hydrogen-bond acceptors (Lipinski definition) is 2. The minimum atomic E-state index is -4.65. The quantitative estimate of drug-likeness (QED) is 0.732. The van der Waals surface area contributed by atoms with Crippen LogP contribution in [0.5, 0.6) is 5.75 Å². The van der Waals surface area contributed by atoms with Gasteiger partial charge >= 0.3 is 6.18 Å². The lowest BCUT2D eigenvalue weighted by Crippen LogP contribution is -2.20. The van der Waals surface area contributed by atoms with Gasteiger partial charge in [-0.3, -0.25) is 4.79 Å². The molecule has 0 aromatic carbocycles. The van der Waals surface area contributed by atoms with Crippen molar-refractivity contribution in [1.29, 1.82) is 0 Å². The van der Waals surface area contributed by atoms with E-state index in [9.17, 15) is 18.0 Å². The number of halogens is 3. The summed E-state index contributed by atoms with van der Waals surface area (Å²) >= 11 is 0. The molecule has 72 valence electrons. The van der Waals surface area contributed by atoms with Crippen LogP contribution in [0.25, 0.3) is 0 Å². The second-order valence-electron chi connectivity index (χ2n) is 2.28. The Labute approximate surface area is 71.2 Å². The third-order valence-corrected chi connectivity index (χ3v) is 1.42. The van der Waals surface area contributed by atoms with Crippen molar-refractivity contribution in [3.05, 3.63) is 28.2 Å². The number of rotatable bonds is 1. The molecule has 0 aliphatic heterocycles. The molecule has 3 nitrogen and oxygen atoms in total. The number of methoxy groups -OCH3 is 1. The molecule has 1 aromatic heterocycles. The van der Waals surface area contributed by atoms with Gasteiger partial charge in [-0.15, -0.1) is 0 Å². The SMILES string of the molecule is COc1c[nH]c(=O)c(C(F)(F)F)c1. The highest BCUT2D eigenvalue weighted by molar-refractivity contribution is 5.25. The van der Waals surface area contributed by atoms with Gasteiger partial charge in [-0.25, -0.2) is 0 Å². The fourth-order valence-electron chi connectivity index (χ4n) is 0.792. The Hall–Kier alpha value is -1.46. The zero-order chi connectivity index (χ0) is 10.1. The Bertz CT molecular complexity index is 355. The first-order chi connectivity index (χ1) is 5.95. The first-order valence-electron chi connectivity index (χ1n) is 3.29. The Kier molecular flexibility index (Phi) is 2.31.